The normalized spacial score (nSPS) is 10.4. The second kappa shape index (κ2) is 5.33. The first kappa shape index (κ1) is 12.1. The van der Waals surface area contributed by atoms with Crippen LogP contribution < -0.4 is 5.73 Å². The number of nitrogens with zero attached hydrogens (tertiary/aromatic N) is 2. The number of halogens is 1. The summed E-state index contributed by atoms with van der Waals surface area (Å²) in [4.78, 5) is 0. The van der Waals surface area contributed by atoms with Crippen LogP contribution in [0.1, 0.15) is 5.89 Å². The van der Waals surface area contributed by atoms with E-state index in [-0.39, 0.29) is 5.17 Å². The van der Waals surface area contributed by atoms with Gasteiger partial charge in [0.2, 0.25) is 11.8 Å². The number of aromatic nitrogens is 2. The molecule has 0 atom stereocenters. The van der Waals surface area contributed by atoms with Crippen LogP contribution in [-0.4, -0.2) is 15.4 Å². The summed E-state index contributed by atoms with van der Waals surface area (Å²) in [7, 11) is 0. The van der Waals surface area contributed by atoms with Crippen LogP contribution in [0.2, 0.25) is 0 Å². The Kier molecular flexibility index (Phi) is 3.80. The lowest BCUT2D eigenvalue weighted by molar-refractivity contribution is 0.529. The lowest BCUT2D eigenvalue weighted by atomic mass is 10.2. The maximum Gasteiger partial charge on any atom is 0.247 e. The van der Waals surface area contributed by atoms with Crippen molar-refractivity contribution in [1.82, 2.24) is 10.2 Å². The third-order valence-electron chi connectivity index (χ3n) is 1.91. The second-order valence-corrected chi connectivity index (χ2v) is 5.09. The van der Waals surface area contributed by atoms with Crippen molar-refractivity contribution < 1.29 is 4.42 Å². The smallest absolute Gasteiger partial charge is 0.247 e. The fraction of sp³-hybridized carbons (Fsp3) is 0.100. The number of hydrogen-bond acceptors (Lipinski definition) is 5. The summed E-state index contributed by atoms with van der Waals surface area (Å²) in [6, 6.07) is 7.59. The highest BCUT2D eigenvalue weighted by atomic mass is 79.9. The average molecular weight is 313 g/mol. The molecule has 0 saturated carbocycles. The summed E-state index contributed by atoms with van der Waals surface area (Å²) in [6.07, 6.45) is 0. The third-order valence-corrected chi connectivity index (χ3v) is 3.14. The molecule has 0 radical (unpaired) electrons. The molecule has 5 nitrogen and oxygen atoms in total. The Morgan fingerprint density at radius 2 is 2.06 bits per heavy atom. The molecule has 1 aromatic carbocycles. The van der Waals surface area contributed by atoms with E-state index in [0.29, 0.717) is 17.5 Å². The van der Waals surface area contributed by atoms with Gasteiger partial charge in [-0.15, -0.1) is 10.2 Å². The van der Waals surface area contributed by atoms with Gasteiger partial charge in [-0.05, 0) is 24.3 Å². The summed E-state index contributed by atoms with van der Waals surface area (Å²) >= 11 is 4.51. The molecule has 0 aliphatic carbocycles. The number of hydrogen-bond donors (Lipinski definition) is 2. The maximum atomic E-state index is 7.08. The minimum Gasteiger partial charge on any atom is -0.420 e. The molecule has 0 amide bonds. The predicted octanol–water partition coefficient (Wildman–Crippen LogP) is 2.63. The van der Waals surface area contributed by atoms with E-state index in [1.165, 1.54) is 0 Å². The van der Waals surface area contributed by atoms with Crippen molar-refractivity contribution >= 4 is 32.9 Å². The molecule has 0 aliphatic heterocycles. The lowest BCUT2D eigenvalue weighted by Crippen LogP contribution is -2.03. The van der Waals surface area contributed by atoms with Gasteiger partial charge in [-0.2, -0.15) is 0 Å². The molecular weight excluding hydrogens is 304 g/mol. The second-order valence-electron chi connectivity index (χ2n) is 3.16. The van der Waals surface area contributed by atoms with E-state index >= 15 is 0 Å². The molecule has 17 heavy (non-hydrogen) atoms. The molecule has 0 bridgehead atoms. The van der Waals surface area contributed by atoms with Crippen LogP contribution >= 0.6 is 27.7 Å². The molecule has 3 N–H and O–H groups in total. The largest absolute Gasteiger partial charge is 0.420 e. The van der Waals surface area contributed by atoms with Gasteiger partial charge in [-0.3, -0.25) is 5.41 Å². The van der Waals surface area contributed by atoms with Crippen molar-refractivity contribution in [2.75, 3.05) is 0 Å². The Morgan fingerprint density at radius 3 is 2.71 bits per heavy atom. The van der Waals surface area contributed by atoms with Crippen LogP contribution in [0.4, 0.5) is 0 Å². The zero-order chi connectivity index (χ0) is 12.3. The van der Waals surface area contributed by atoms with Crippen LogP contribution in [0.5, 0.6) is 0 Å². The monoisotopic (exact) mass is 312 g/mol. The van der Waals surface area contributed by atoms with E-state index in [1.54, 1.807) is 0 Å². The van der Waals surface area contributed by atoms with Gasteiger partial charge in [-0.25, -0.2) is 0 Å². The van der Waals surface area contributed by atoms with Crippen LogP contribution in [0.3, 0.4) is 0 Å². The van der Waals surface area contributed by atoms with Crippen LogP contribution in [0.15, 0.2) is 33.2 Å². The minimum atomic E-state index is 0.0355. The van der Waals surface area contributed by atoms with Gasteiger partial charge in [0.15, 0.2) is 5.17 Å². The standard InChI is InChI=1S/C10H9BrN4OS/c11-7-3-1-6(2-4-7)9-15-14-8(16-9)5-17-10(12)13/h1-4H,5H2,(H3,12,13). The summed E-state index contributed by atoms with van der Waals surface area (Å²) in [5.41, 5.74) is 6.09. The molecule has 7 heteroatoms. The van der Waals surface area contributed by atoms with E-state index < -0.39 is 0 Å². The SMILES string of the molecule is N=C(N)SCc1nnc(-c2ccc(Br)cc2)o1. The Balaban J connectivity index is 2.12. The number of amidine groups is 1. The zero-order valence-corrected chi connectivity index (χ0v) is 11.1. The van der Waals surface area contributed by atoms with Crippen molar-refractivity contribution in [2.45, 2.75) is 5.75 Å². The number of rotatable bonds is 3. The van der Waals surface area contributed by atoms with Gasteiger partial charge in [0.05, 0.1) is 5.75 Å². The van der Waals surface area contributed by atoms with E-state index in [1.807, 2.05) is 24.3 Å². The van der Waals surface area contributed by atoms with Gasteiger partial charge >= 0.3 is 0 Å². The van der Waals surface area contributed by atoms with Gasteiger partial charge < -0.3 is 10.2 Å². The minimum absolute atomic E-state index is 0.0355. The first-order valence-electron chi connectivity index (χ1n) is 4.70. The van der Waals surface area contributed by atoms with Crippen LogP contribution in [0, 0.1) is 5.41 Å². The lowest BCUT2D eigenvalue weighted by Gasteiger charge is -1.95. The maximum absolute atomic E-state index is 7.08. The summed E-state index contributed by atoms with van der Waals surface area (Å²) in [6.45, 7) is 0. The van der Waals surface area contributed by atoms with Crippen molar-refractivity contribution in [1.29, 1.82) is 5.41 Å². The summed E-state index contributed by atoms with van der Waals surface area (Å²) in [5.74, 6) is 1.35. The number of benzene rings is 1. The first-order chi connectivity index (χ1) is 8.15. The van der Waals surface area contributed by atoms with E-state index in [0.717, 1.165) is 21.8 Å². The molecule has 88 valence electrons. The Bertz CT molecular complexity index is 525. The van der Waals surface area contributed by atoms with E-state index in [2.05, 4.69) is 26.1 Å². The zero-order valence-electron chi connectivity index (χ0n) is 8.68. The van der Waals surface area contributed by atoms with Crippen molar-refractivity contribution in [2.24, 2.45) is 5.73 Å². The van der Waals surface area contributed by atoms with Gasteiger partial charge in [0, 0.05) is 10.0 Å². The molecule has 0 aliphatic rings. The topological polar surface area (TPSA) is 88.8 Å². The summed E-state index contributed by atoms with van der Waals surface area (Å²) in [5, 5.41) is 14.9. The quantitative estimate of drug-likeness (QED) is 0.671. The van der Waals surface area contributed by atoms with E-state index in [9.17, 15) is 0 Å². The summed E-state index contributed by atoms with van der Waals surface area (Å²) < 4.78 is 6.44. The highest BCUT2D eigenvalue weighted by Gasteiger charge is 2.08. The highest BCUT2D eigenvalue weighted by Crippen LogP contribution is 2.21. The fourth-order valence-corrected chi connectivity index (χ4v) is 1.82. The van der Waals surface area contributed by atoms with Crippen molar-refractivity contribution in [3.8, 4) is 11.5 Å². The molecule has 0 fully saturated rings. The van der Waals surface area contributed by atoms with Gasteiger partial charge in [0.25, 0.3) is 0 Å². The molecular formula is C10H9BrN4OS. The number of nitrogens with one attached hydrogen (secondary N) is 1. The van der Waals surface area contributed by atoms with Crippen molar-refractivity contribution in [3.63, 3.8) is 0 Å². The van der Waals surface area contributed by atoms with Crippen LogP contribution in [-0.2, 0) is 5.75 Å². The molecule has 0 unspecified atom stereocenters. The van der Waals surface area contributed by atoms with Gasteiger partial charge in [-0.1, -0.05) is 27.7 Å². The third kappa shape index (κ3) is 3.31. The van der Waals surface area contributed by atoms with E-state index in [4.69, 9.17) is 15.6 Å². The molecule has 2 aromatic rings. The number of nitrogens with two attached hydrogens (primary N) is 1. The first-order valence-corrected chi connectivity index (χ1v) is 6.48. The molecule has 0 saturated heterocycles. The molecule has 1 aromatic heterocycles. The Labute approximate surface area is 110 Å². The average Bonchev–Trinajstić information content (AvgIpc) is 2.76. The van der Waals surface area contributed by atoms with Crippen LogP contribution in [0.25, 0.3) is 11.5 Å². The molecule has 2 rings (SSSR count). The molecule has 0 spiro atoms. The number of thioether (sulfide) groups is 1. The highest BCUT2D eigenvalue weighted by molar-refractivity contribution is 9.10. The predicted molar refractivity (Wildman–Crippen MR) is 70.6 cm³/mol. The molecule has 1 heterocycles. The van der Waals surface area contributed by atoms with Gasteiger partial charge in [0.1, 0.15) is 0 Å². The van der Waals surface area contributed by atoms with Crippen molar-refractivity contribution in [3.05, 3.63) is 34.6 Å². The Morgan fingerprint density at radius 1 is 1.35 bits per heavy atom. The fourth-order valence-electron chi connectivity index (χ4n) is 1.16. The Hall–Kier alpha value is -1.34.